The van der Waals surface area contributed by atoms with Gasteiger partial charge in [-0.1, -0.05) is 12.1 Å². The van der Waals surface area contributed by atoms with Gasteiger partial charge in [0.2, 0.25) is 10.0 Å². The zero-order valence-electron chi connectivity index (χ0n) is 11.5. The minimum atomic E-state index is -3.99. The first-order chi connectivity index (χ1) is 9.94. The molecule has 1 unspecified atom stereocenters. The standard InChI is InChI=1S/C14H16FN3O2S/c1-10(13-4-2-3-7-17-13)18-21(19,20)14-8-11(9-16)5-6-12(14)15/h2-8,10,18H,9,16H2,1H3. The Morgan fingerprint density at radius 3 is 2.71 bits per heavy atom. The van der Waals surface area contributed by atoms with Crippen LogP contribution in [0.5, 0.6) is 0 Å². The molecular formula is C14H16FN3O2S. The molecule has 1 aromatic heterocycles. The summed E-state index contributed by atoms with van der Waals surface area (Å²) < 4.78 is 40.8. The average molecular weight is 309 g/mol. The van der Waals surface area contributed by atoms with Gasteiger partial charge in [-0.15, -0.1) is 0 Å². The van der Waals surface area contributed by atoms with Crippen molar-refractivity contribution in [2.24, 2.45) is 5.73 Å². The lowest BCUT2D eigenvalue weighted by Gasteiger charge is -2.14. The van der Waals surface area contributed by atoms with E-state index in [9.17, 15) is 12.8 Å². The third-order valence-electron chi connectivity index (χ3n) is 2.98. The van der Waals surface area contributed by atoms with Crippen LogP contribution in [0.1, 0.15) is 24.2 Å². The number of sulfonamides is 1. The Labute approximate surface area is 123 Å². The molecule has 112 valence electrons. The molecule has 0 aliphatic carbocycles. The fourth-order valence-electron chi connectivity index (χ4n) is 1.87. The van der Waals surface area contributed by atoms with Gasteiger partial charge in [0.15, 0.2) is 0 Å². The van der Waals surface area contributed by atoms with Crippen LogP contribution >= 0.6 is 0 Å². The number of hydrogen-bond donors (Lipinski definition) is 2. The van der Waals surface area contributed by atoms with E-state index in [4.69, 9.17) is 5.73 Å². The van der Waals surface area contributed by atoms with Gasteiger partial charge in [0.25, 0.3) is 0 Å². The van der Waals surface area contributed by atoms with E-state index in [0.29, 0.717) is 11.3 Å². The van der Waals surface area contributed by atoms with E-state index in [2.05, 4.69) is 9.71 Å². The van der Waals surface area contributed by atoms with Gasteiger partial charge in [-0.05, 0) is 36.8 Å². The first-order valence-corrected chi connectivity index (χ1v) is 7.84. The van der Waals surface area contributed by atoms with Crippen molar-refractivity contribution >= 4 is 10.0 Å². The van der Waals surface area contributed by atoms with Crippen LogP contribution < -0.4 is 10.5 Å². The summed E-state index contributed by atoms with van der Waals surface area (Å²) in [5, 5.41) is 0. The number of nitrogens with two attached hydrogens (primary N) is 1. The number of hydrogen-bond acceptors (Lipinski definition) is 4. The molecule has 1 atom stereocenters. The first-order valence-electron chi connectivity index (χ1n) is 6.36. The predicted molar refractivity (Wildman–Crippen MR) is 77.3 cm³/mol. The van der Waals surface area contributed by atoms with Crippen LogP contribution in [0.15, 0.2) is 47.5 Å². The lowest BCUT2D eigenvalue weighted by molar-refractivity contribution is 0.544. The maximum absolute atomic E-state index is 13.8. The summed E-state index contributed by atoms with van der Waals surface area (Å²) in [6, 6.07) is 8.40. The van der Waals surface area contributed by atoms with Crippen LogP contribution in [0.25, 0.3) is 0 Å². The molecule has 7 heteroatoms. The van der Waals surface area contributed by atoms with Crippen LogP contribution in [-0.2, 0) is 16.6 Å². The topological polar surface area (TPSA) is 85.1 Å². The molecule has 5 nitrogen and oxygen atoms in total. The Balaban J connectivity index is 2.30. The van der Waals surface area contributed by atoms with Crippen LogP contribution in [0, 0.1) is 5.82 Å². The third kappa shape index (κ3) is 3.63. The number of halogens is 1. The fraction of sp³-hybridized carbons (Fsp3) is 0.214. The molecule has 0 aliphatic rings. The van der Waals surface area contributed by atoms with E-state index in [1.807, 2.05) is 0 Å². The normalized spacial score (nSPS) is 13.1. The molecule has 1 aromatic carbocycles. The summed E-state index contributed by atoms with van der Waals surface area (Å²) in [7, 11) is -3.99. The van der Waals surface area contributed by atoms with Crippen molar-refractivity contribution in [3.05, 3.63) is 59.7 Å². The minimum absolute atomic E-state index is 0.137. The highest BCUT2D eigenvalue weighted by molar-refractivity contribution is 7.89. The maximum atomic E-state index is 13.8. The third-order valence-corrected chi connectivity index (χ3v) is 4.54. The van der Waals surface area contributed by atoms with Gasteiger partial charge >= 0.3 is 0 Å². The zero-order valence-corrected chi connectivity index (χ0v) is 12.3. The second-order valence-corrected chi connectivity index (χ2v) is 6.25. The number of rotatable bonds is 5. The van der Waals surface area contributed by atoms with Crippen LogP contribution in [0.4, 0.5) is 4.39 Å². The Hall–Kier alpha value is -1.83. The van der Waals surface area contributed by atoms with Gasteiger partial charge in [-0.25, -0.2) is 17.5 Å². The molecule has 1 heterocycles. The number of nitrogens with one attached hydrogen (secondary N) is 1. The second kappa shape index (κ2) is 6.30. The highest BCUT2D eigenvalue weighted by Crippen LogP contribution is 2.19. The largest absolute Gasteiger partial charge is 0.326 e. The maximum Gasteiger partial charge on any atom is 0.244 e. The molecule has 0 aliphatic heterocycles. The summed E-state index contributed by atoms with van der Waals surface area (Å²) in [6.07, 6.45) is 1.57. The molecule has 0 amide bonds. The van der Waals surface area contributed by atoms with Gasteiger partial charge < -0.3 is 5.73 Å². The number of nitrogens with zero attached hydrogens (tertiary/aromatic N) is 1. The Morgan fingerprint density at radius 1 is 1.33 bits per heavy atom. The van der Waals surface area contributed by atoms with Crippen molar-refractivity contribution in [2.75, 3.05) is 0 Å². The Morgan fingerprint density at radius 2 is 2.10 bits per heavy atom. The van der Waals surface area contributed by atoms with Gasteiger partial charge in [-0.3, -0.25) is 4.98 Å². The minimum Gasteiger partial charge on any atom is -0.326 e. The fourth-order valence-corrected chi connectivity index (χ4v) is 3.21. The van der Waals surface area contributed by atoms with Crippen molar-refractivity contribution < 1.29 is 12.8 Å². The van der Waals surface area contributed by atoms with Crippen LogP contribution in [0.3, 0.4) is 0 Å². The number of pyridine rings is 1. The lowest BCUT2D eigenvalue weighted by atomic mass is 10.2. The van der Waals surface area contributed by atoms with E-state index in [0.717, 1.165) is 6.07 Å². The van der Waals surface area contributed by atoms with Gasteiger partial charge in [0, 0.05) is 12.7 Å². The van der Waals surface area contributed by atoms with Crippen LogP contribution in [0.2, 0.25) is 0 Å². The first kappa shape index (κ1) is 15.6. The van der Waals surface area contributed by atoms with Gasteiger partial charge in [0.1, 0.15) is 10.7 Å². The van der Waals surface area contributed by atoms with Gasteiger partial charge in [-0.2, -0.15) is 0 Å². The van der Waals surface area contributed by atoms with Crippen molar-refractivity contribution in [1.82, 2.24) is 9.71 Å². The predicted octanol–water partition coefficient (Wildman–Crippen LogP) is 1.72. The number of aromatic nitrogens is 1. The van der Waals surface area contributed by atoms with E-state index in [1.54, 1.807) is 31.3 Å². The van der Waals surface area contributed by atoms with Crippen LogP contribution in [-0.4, -0.2) is 13.4 Å². The molecule has 2 aromatic rings. The summed E-state index contributed by atoms with van der Waals surface area (Å²) in [5.74, 6) is -0.812. The average Bonchev–Trinajstić information content (AvgIpc) is 2.48. The zero-order chi connectivity index (χ0) is 15.5. The second-order valence-electron chi connectivity index (χ2n) is 4.57. The summed E-state index contributed by atoms with van der Waals surface area (Å²) in [5.41, 5.74) is 6.55. The SMILES string of the molecule is CC(NS(=O)(=O)c1cc(CN)ccc1F)c1ccccn1. The summed E-state index contributed by atoms with van der Waals surface area (Å²) in [6.45, 7) is 1.78. The molecule has 3 N–H and O–H groups in total. The quantitative estimate of drug-likeness (QED) is 0.880. The van der Waals surface area contributed by atoms with Crippen molar-refractivity contribution in [2.45, 2.75) is 24.4 Å². The molecular weight excluding hydrogens is 293 g/mol. The van der Waals surface area contributed by atoms with E-state index < -0.39 is 26.8 Å². The van der Waals surface area contributed by atoms with Crippen molar-refractivity contribution in [3.8, 4) is 0 Å². The monoisotopic (exact) mass is 309 g/mol. The van der Waals surface area contributed by atoms with E-state index in [1.165, 1.54) is 12.1 Å². The summed E-state index contributed by atoms with van der Waals surface area (Å²) >= 11 is 0. The molecule has 0 saturated carbocycles. The van der Waals surface area contributed by atoms with Crippen molar-refractivity contribution in [1.29, 1.82) is 0 Å². The number of benzene rings is 1. The Kier molecular flexibility index (Phi) is 4.66. The smallest absolute Gasteiger partial charge is 0.244 e. The molecule has 0 radical (unpaired) electrons. The summed E-state index contributed by atoms with van der Waals surface area (Å²) in [4.78, 5) is 3.66. The van der Waals surface area contributed by atoms with Gasteiger partial charge in [0.05, 0.1) is 11.7 Å². The molecule has 2 rings (SSSR count). The lowest BCUT2D eigenvalue weighted by Crippen LogP contribution is -2.28. The molecule has 0 fully saturated rings. The highest BCUT2D eigenvalue weighted by Gasteiger charge is 2.22. The van der Waals surface area contributed by atoms with E-state index >= 15 is 0 Å². The van der Waals surface area contributed by atoms with Crippen molar-refractivity contribution in [3.63, 3.8) is 0 Å². The molecule has 0 bridgehead atoms. The molecule has 0 spiro atoms. The Bertz CT molecular complexity index is 720. The molecule has 0 saturated heterocycles. The highest BCUT2D eigenvalue weighted by atomic mass is 32.2. The van der Waals surface area contributed by atoms with E-state index in [-0.39, 0.29) is 6.54 Å². The molecule has 21 heavy (non-hydrogen) atoms.